The first kappa shape index (κ1) is 10.4. The average molecular weight is 197 g/mol. The molecule has 14 heavy (non-hydrogen) atoms. The molecule has 1 aliphatic heterocycles. The molecule has 0 aromatic heterocycles. The first-order chi connectivity index (χ1) is 6.75. The maximum Gasteiger partial charge on any atom is 0.0507 e. The van der Waals surface area contributed by atoms with Crippen LogP contribution in [0.5, 0.6) is 0 Å². The summed E-state index contributed by atoms with van der Waals surface area (Å²) in [5, 5.41) is 0. The summed E-state index contributed by atoms with van der Waals surface area (Å²) < 4.78 is 5.44. The molecule has 1 aliphatic carbocycles. The van der Waals surface area contributed by atoms with Crippen LogP contribution in [0.1, 0.15) is 33.1 Å². The van der Waals surface area contributed by atoms with E-state index in [-0.39, 0.29) is 0 Å². The number of ether oxygens (including phenoxy) is 1. The molecular formula is C12H23NO. The minimum absolute atomic E-state index is 0.804. The van der Waals surface area contributed by atoms with Crippen molar-refractivity contribution in [1.29, 1.82) is 0 Å². The van der Waals surface area contributed by atoms with Gasteiger partial charge in [0.1, 0.15) is 0 Å². The third kappa shape index (κ3) is 2.96. The van der Waals surface area contributed by atoms with Gasteiger partial charge in [0.2, 0.25) is 0 Å². The lowest BCUT2D eigenvalue weighted by Gasteiger charge is -2.26. The van der Waals surface area contributed by atoms with Crippen molar-refractivity contribution in [1.82, 2.24) is 4.90 Å². The molecule has 2 fully saturated rings. The van der Waals surface area contributed by atoms with Crippen LogP contribution in [0.2, 0.25) is 0 Å². The SMILES string of the molecule is CC(C)CN(CC1CCOC1)C1CC1. The van der Waals surface area contributed by atoms with Gasteiger partial charge >= 0.3 is 0 Å². The van der Waals surface area contributed by atoms with Gasteiger partial charge in [0.25, 0.3) is 0 Å². The summed E-state index contributed by atoms with van der Waals surface area (Å²) >= 11 is 0. The Morgan fingerprint density at radius 3 is 2.57 bits per heavy atom. The first-order valence-corrected chi connectivity index (χ1v) is 6.07. The second-order valence-corrected chi connectivity index (χ2v) is 5.31. The fourth-order valence-electron chi connectivity index (χ4n) is 2.34. The zero-order valence-corrected chi connectivity index (χ0v) is 9.54. The summed E-state index contributed by atoms with van der Waals surface area (Å²) in [6.45, 7) is 9.19. The molecular weight excluding hydrogens is 174 g/mol. The van der Waals surface area contributed by atoms with Gasteiger partial charge in [-0.1, -0.05) is 13.8 Å². The molecule has 1 saturated carbocycles. The fraction of sp³-hybridized carbons (Fsp3) is 1.00. The van der Waals surface area contributed by atoms with E-state index in [1.807, 2.05) is 0 Å². The van der Waals surface area contributed by atoms with Crippen molar-refractivity contribution in [3.8, 4) is 0 Å². The molecule has 0 N–H and O–H groups in total. The van der Waals surface area contributed by atoms with E-state index in [1.165, 1.54) is 32.4 Å². The van der Waals surface area contributed by atoms with Crippen molar-refractivity contribution in [2.75, 3.05) is 26.3 Å². The Bertz CT molecular complexity index is 171. The summed E-state index contributed by atoms with van der Waals surface area (Å²) in [5.74, 6) is 1.62. The molecule has 2 aliphatic rings. The van der Waals surface area contributed by atoms with E-state index in [0.717, 1.165) is 31.1 Å². The Labute approximate surface area is 87.6 Å². The van der Waals surface area contributed by atoms with Crippen molar-refractivity contribution in [3.05, 3.63) is 0 Å². The van der Waals surface area contributed by atoms with Gasteiger partial charge in [-0.25, -0.2) is 0 Å². The average Bonchev–Trinajstić information content (AvgIpc) is 2.85. The zero-order chi connectivity index (χ0) is 9.97. The lowest BCUT2D eigenvalue weighted by molar-refractivity contribution is 0.157. The molecule has 0 aromatic carbocycles. The second-order valence-electron chi connectivity index (χ2n) is 5.31. The van der Waals surface area contributed by atoms with Gasteiger partial charge in [0.15, 0.2) is 0 Å². The second kappa shape index (κ2) is 4.63. The van der Waals surface area contributed by atoms with E-state index >= 15 is 0 Å². The third-order valence-corrected chi connectivity index (χ3v) is 3.18. The van der Waals surface area contributed by atoms with Crippen LogP contribution in [0, 0.1) is 11.8 Å². The van der Waals surface area contributed by atoms with Gasteiger partial charge in [-0.2, -0.15) is 0 Å². The van der Waals surface area contributed by atoms with Crippen molar-refractivity contribution in [2.24, 2.45) is 11.8 Å². The molecule has 0 radical (unpaired) electrons. The molecule has 1 saturated heterocycles. The molecule has 0 amide bonds. The van der Waals surface area contributed by atoms with E-state index in [0.29, 0.717) is 0 Å². The molecule has 0 bridgehead atoms. The molecule has 2 heteroatoms. The normalized spacial score (nSPS) is 27.9. The Balaban J connectivity index is 1.77. The van der Waals surface area contributed by atoms with Crippen molar-refractivity contribution in [2.45, 2.75) is 39.2 Å². The van der Waals surface area contributed by atoms with Crippen LogP contribution >= 0.6 is 0 Å². The molecule has 1 heterocycles. The lowest BCUT2D eigenvalue weighted by Crippen LogP contribution is -2.34. The summed E-state index contributed by atoms with van der Waals surface area (Å²) in [6, 6.07) is 0.915. The Kier molecular flexibility index (Phi) is 3.45. The lowest BCUT2D eigenvalue weighted by atomic mass is 10.1. The van der Waals surface area contributed by atoms with E-state index in [1.54, 1.807) is 0 Å². The topological polar surface area (TPSA) is 12.5 Å². The summed E-state index contributed by atoms with van der Waals surface area (Å²) in [6.07, 6.45) is 4.14. The Morgan fingerprint density at radius 2 is 2.07 bits per heavy atom. The van der Waals surface area contributed by atoms with Gasteiger partial charge in [-0.15, -0.1) is 0 Å². The van der Waals surface area contributed by atoms with Gasteiger partial charge in [-0.05, 0) is 31.1 Å². The van der Waals surface area contributed by atoms with E-state index in [4.69, 9.17) is 4.74 Å². The minimum Gasteiger partial charge on any atom is -0.381 e. The fourth-order valence-corrected chi connectivity index (χ4v) is 2.34. The highest BCUT2D eigenvalue weighted by molar-refractivity contribution is 4.86. The molecule has 0 aromatic rings. The smallest absolute Gasteiger partial charge is 0.0507 e. The van der Waals surface area contributed by atoms with Gasteiger partial charge in [0.05, 0.1) is 6.61 Å². The van der Waals surface area contributed by atoms with Crippen LogP contribution < -0.4 is 0 Å². The van der Waals surface area contributed by atoms with E-state index < -0.39 is 0 Å². The van der Waals surface area contributed by atoms with E-state index in [2.05, 4.69) is 18.7 Å². The standard InChI is InChI=1S/C12H23NO/c1-10(2)7-13(12-3-4-12)8-11-5-6-14-9-11/h10-12H,3-9H2,1-2H3. The molecule has 1 atom stereocenters. The molecule has 2 nitrogen and oxygen atoms in total. The van der Waals surface area contributed by atoms with E-state index in [9.17, 15) is 0 Å². The van der Waals surface area contributed by atoms with Gasteiger partial charge in [0, 0.05) is 25.7 Å². The Morgan fingerprint density at radius 1 is 1.29 bits per heavy atom. The van der Waals surface area contributed by atoms with Crippen LogP contribution in [-0.2, 0) is 4.74 Å². The number of hydrogen-bond acceptors (Lipinski definition) is 2. The van der Waals surface area contributed by atoms with Crippen molar-refractivity contribution < 1.29 is 4.74 Å². The van der Waals surface area contributed by atoms with Crippen molar-refractivity contribution >= 4 is 0 Å². The maximum atomic E-state index is 5.44. The molecule has 1 unspecified atom stereocenters. The number of rotatable bonds is 5. The summed E-state index contributed by atoms with van der Waals surface area (Å²) in [5.41, 5.74) is 0. The largest absolute Gasteiger partial charge is 0.381 e. The number of nitrogens with zero attached hydrogens (tertiary/aromatic N) is 1. The minimum atomic E-state index is 0.804. The predicted molar refractivity (Wildman–Crippen MR) is 58.4 cm³/mol. The Hall–Kier alpha value is -0.0800. The van der Waals surface area contributed by atoms with Gasteiger partial charge in [-0.3, -0.25) is 4.90 Å². The molecule has 2 rings (SSSR count). The monoisotopic (exact) mass is 197 g/mol. The molecule has 82 valence electrons. The van der Waals surface area contributed by atoms with Crippen molar-refractivity contribution in [3.63, 3.8) is 0 Å². The summed E-state index contributed by atoms with van der Waals surface area (Å²) in [7, 11) is 0. The summed E-state index contributed by atoms with van der Waals surface area (Å²) in [4.78, 5) is 2.70. The first-order valence-electron chi connectivity index (χ1n) is 6.07. The maximum absolute atomic E-state index is 5.44. The third-order valence-electron chi connectivity index (χ3n) is 3.18. The highest BCUT2D eigenvalue weighted by Crippen LogP contribution is 2.29. The number of hydrogen-bond donors (Lipinski definition) is 0. The van der Waals surface area contributed by atoms with Crippen LogP contribution in [0.4, 0.5) is 0 Å². The van der Waals surface area contributed by atoms with Crippen LogP contribution in [0.3, 0.4) is 0 Å². The van der Waals surface area contributed by atoms with Crippen LogP contribution in [-0.4, -0.2) is 37.2 Å². The zero-order valence-electron chi connectivity index (χ0n) is 9.54. The quantitative estimate of drug-likeness (QED) is 0.669. The predicted octanol–water partition coefficient (Wildman–Crippen LogP) is 2.14. The molecule has 0 spiro atoms. The van der Waals surface area contributed by atoms with Crippen LogP contribution in [0.15, 0.2) is 0 Å². The highest BCUT2D eigenvalue weighted by Gasteiger charge is 2.31. The van der Waals surface area contributed by atoms with Crippen LogP contribution in [0.25, 0.3) is 0 Å². The highest BCUT2D eigenvalue weighted by atomic mass is 16.5. The van der Waals surface area contributed by atoms with Gasteiger partial charge < -0.3 is 4.74 Å².